The Bertz CT molecular complexity index is 2130. The highest BCUT2D eigenvalue weighted by molar-refractivity contribution is 7.91. The Kier molecular flexibility index (Phi) is 12.1. The zero-order valence-corrected chi connectivity index (χ0v) is 35.4. The van der Waals surface area contributed by atoms with Crippen molar-refractivity contribution in [1.29, 1.82) is 0 Å². The second kappa shape index (κ2) is 16.6. The van der Waals surface area contributed by atoms with Crippen LogP contribution in [0, 0.1) is 5.92 Å². The Morgan fingerprint density at radius 1 is 1.07 bits per heavy atom. The summed E-state index contributed by atoms with van der Waals surface area (Å²) in [7, 11) is -7.18. The summed E-state index contributed by atoms with van der Waals surface area (Å²) in [6, 6.07) is 4.00. The number of benzene rings is 1. The molecule has 5 N–H and O–H groups in total. The van der Waals surface area contributed by atoms with Crippen LogP contribution in [-0.4, -0.2) is 124 Å². The van der Waals surface area contributed by atoms with Crippen molar-refractivity contribution in [3.8, 4) is 0 Å². The number of epoxide rings is 1. The summed E-state index contributed by atoms with van der Waals surface area (Å²) in [5, 5.41) is 25.3. The van der Waals surface area contributed by atoms with Gasteiger partial charge in [0.2, 0.25) is 27.6 Å². The van der Waals surface area contributed by atoms with Gasteiger partial charge in [-0.05, 0) is 69.6 Å². The van der Waals surface area contributed by atoms with Crippen molar-refractivity contribution in [2.45, 2.75) is 144 Å². The average Bonchev–Trinajstić information content (AvgIpc) is 4.07. The lowest BCUT2D eigenvalue weighted by molar-refractivity contribution is -0.145. The third-order valence-electron chi connectivity index (χ3n) is 12.6. The van der Waals surface area contributed by atoms with E-state index in [1.165, 1.54) is 20.1 Å². The Morgan fingerprint density at radius 2 is 1.73 bits per heavy atom. The van der Waals surface area contributed by atoms with Crippen LogP contribution in [0.4, 0.5) is 0 Å². The fourth-order valence-corrected chi connectivity index (χ4v) is 12.3. The Labute approximate surface area is 344 Å². The first-order valence-electron chi connectivity index (χ1n) is 20.7. The lowest BCUT2D eigenvalue weighted by Crippen LogP contribution is -2.64. The highest BCUT2D eigenvalue weighted by atomic mass is 32.2. The first-order chi connectivity index (χ1) is 27.8. The molecule has 59 heavy (non-hydrogen) atoms. The number of primary amides is 1. The first kappa shape index (κ1) is 43.3. The summed E-state index contributed by atoms with van der Waals surface area (Å²) in [6.45, 7) is 5.33. The summed E-state index contributed by atoms with van der Waals surface area (Å²) in [6.07, 6.45) is 6.81. The summed E-state index contributed by atoms with van der Waals surface area (Å²) in [4.78, 5) is 56.6. The monoisotopic (exact) mass is 860 g/mol. The number of likely N-dealkylation sites (tertiary alicyclic amines) is 1. The van der Waals surface area contributed by atoms with Gasteiger partial charge >= 0.3 is 0 Å². The zero-order chi connectivity index (χ0) is 42.5. The number of hydrogen-bond donors (Lipinski definition) is 4. The topological polar surface area (TPSA) is 257 Å². The number of aliphatic hydroxyl groups is 1. The molecule has 5 atom stereocenters. The minimum atomic E-state index is -3.65. The molecule has 3 saturated heterocycles. The molecule has 0 radical (unpaired) electrons. The number of nitrogens with two attached hydrogens (primary N) is 1. The van der Waals surface area contributed by atoms with Crippen LogP contribution < -0.4 is 16.4 Å². The number of Topliss-reactive ketones (excluding diaryl/α,β-unsaturated/α-hetero) is 1. The van der Waals surface area contributed by atoms with Crippen molar-refractivity contribution in [2.75, 3.05) is 24.6 Å². The molecule has 0 bridgehead atoms. The molecule has 324 valence electrons. The quantitative estimate of drug-likeness (QED) is 0.136. The Morgan fingerprint density at radius 3 is 2.32 bits per heavy atom. The minimum Gasteiger partial charge on any atom is -0.384 e. The predicted octanol–water partition coefficient (Wildman–Crippen LogP) is 0.965. The van der Waals surface area contributed by atoms with Gasteiger partial charge in [-0.15, -0.1) is 5.10 Å². The van der Waals surface area contributed by atoms with Gasteiger partial charge in [0.05, 0.1) is 40.4 Å². The third-order valence-corrected chi connectivity index (χ3v) is 16.3. The third kappa shape index (κ3) is 9.27. The van der Waals surface area contributed by atoms with E-state index < -0.39 is 96.5 Å². The number of sulfonamides is 1. The molecule has 1 aromatic carbocycles. The minimum absolute atomic E-state index is 0.00726. The molecular weight excluding hydrogens is 805 g/mol. The summed E-state index contributed by atoms with van der Waals surface area (Å²) in [5.41, 5.74) is 3.26. The molecule has 7 rings (SSSR count). The normalized spacial score (nSPS) is 26.4. The van der Waals surface area contributed by atoms with Crippen molar-refractivity contribution in [1.82, 2.24) is 34.8 Å². The van der Waals surface area contributed by atoms with Gasteiger partial charge in [-0.3, -0.25) is 24.5 Å². The van der Waals surface area contributed by atoms with Crippen molar-refractivity contribution < 1.29 is 45.9 Å². The molecule has 2 unspecified atom stereocenters. The van der Waals surface area contributed by atoms with Crippen molar-refractivity contribution in [2.24, 2.45) is 11.7 Å². The van der Waals surface area contributed by atoms with E-state index in [1.54, 1.807) is 38.1 Å². The fraction of sp³-hybridized carbons (Fsp3) is 0.692. The zero-order valence-electron chi connectivity index (χ0n) is 33.8. The van der Waals surface area contributed by atoms with Crippen LogP contribution in [0.15, 0.2) is 35.4 Å². The van der Waals surface area contributed by atoms with Crippen LogP contribution in [0.5, 0.6) is 0 Å². The maximum Gasteiger partial charge on any atom is 0.287 e. The molecule has 5 fully saturated rings. The number of sulfone groups is 1. The molecule has 3 amide bonds. The number of nitrogens with one attached hydrogen (secondary N) is 2. The van der Waals surface area contributed by atoms with Crippen LogP contribution in [0.2, 0.25) is 0 Å². The highest BCUT2D eigenvalue weighted by Gasteiger charge is 2.52. The van der Waals surface area contributed by atoms with E-state index in [9.17, 15) is 41.1 Å². The fourth-order valence-electron chi connectivity index (χ4n) is 9.12. The van der Waals surface area contributed by atoms with Gasteiger partial charge in [0.15, 0.2) is 9.84 Å². The Balaban J connectivity index is 1.15. The predicted molar refractivity (Wildman–Crippen MR) is 212 cm³/mol. The smallest absolute Gasteiger partial charge is 0.287 e. The number of ketones is 1. The second-order valence-corrected chi connectivity index (χ2v) is 21.6. The van der Waals surface area contributed by atoms with Gasteiger partial charge < -0.3 is 25.8 Å². The van der Waals surface area contributed by atoms with E-state index in [0.29, 0.717) is 18.7 Å². The van der Waals surface area contributed by atoms with Crippen LogP contribution in [0.1, 0.15) is 115 Å². The molecule has 2 aliphatic carbocycles. The number of carbonyl (C=O) groups is 4. The van der Waals surface area contributed by atoms with E-state index in [4.69, 9.17) is 10.5 Å². The molecular formula is C39H56N8O10S2. The standard InChI is InChI=1S/C39H56N8O10S2/c1-4-46(26-12-13-26)59(55,56)28-14-10-25(11-15-28)32-36(57-32)42-29(20-24-8-6-5-7-9-24)37(51)45-23-27(47-31(22-41-44-47)38(2,3)52)21-30(45)35(50)43-39(33(48)34(40)49)16-18-58(53,54)19-17-39/h10-11,14-15,22,24,26-27,29-30,32,36,42,52H,4-9,12-13,16-21,23H2,1-3H3,(H2,40,49)(H,43,50)/t27-,29+,30-,32?,36?/m0/s1. The number of amides is 3. The van der Waals surface area contributed by atoms with Gasteiger partial charge in [-0.2, -0.15) is 4.31 Å². The molecule has 1 aromatic heterocycles. The lowest BCUT2D eigenvalue weighted by Gasteiger charge is -2.37. The number of hydrogen-bond acceptors (Lipinski definition) is 13. The van der Waals surface area contributed by atoms with E-state index in [2.05, 4.69) is 20.9 Å². The number of aromatic nitrogens is 3. The molecule has 18 nitrogen and oxygen atoms in total. The number of carbonyl (C=O) groups excluding carboxylic acids is 4. The van der Waals surface area contributed by atoms with Gasteiger partial charge in [0, 0.05) is 25.6 Å². The highest BCUT2D eigenvalue weighted by Crippen LogP contribution is 2.40. The van der Waals surface area contributed by atoms with Crippen LogP contribution >= 0.6 is 0 Å². The van der Waals surface area contributed by atoms with Crippen molar-refractivity contribution in [3.05, 3.63) is 41.7 Å². The van der Waals surface area contributed by atoms with Crippen molar-refractivity contribution >= 4 is 43.4 Å². The SMILES string of the molecule is CCN(C1CC1)S(=O)(=O)c1ccc(C2OC2N[C@H](CC2CCCCC2)C(=O)N2C[C@@H](n3nncc3C(C)(C)O)C[C@H]2C(=O)NC2(C(=O)C(N)=O)CCS(=O)(=O)CC2)cc1. The van der Waals surface area contributed by atoms with Crippen LogP contribution in [0.3, 0.4) is 0 Å². The first-order valence-corrected chi connectivity index (χ1v) is 23.9. The number of nitrogens with zero attached hydrogens (tertiary/aromatic N) is 5. The molecule has 2 saturated carbocycles. The van der Waals surface area contributed by atoms with Gasteiger partial charge in [0.1, 0.15) is 29.5 Å². The summed E-state index contributed by atoms with van der Waals surface area (Å²) < 4.78 is 60.5. The number of ether oxygens (including phenoxy) is 1. The average molecular weight is 861 g/mol. The van der Waals surface area contributed by atoms with Gasteiger partial charge in [-0.25, -0.2) is 21.5 Å². The number of rotatable bonds is 16. The van der Waals surface area contributed by atoms with E-state index in [0.717, 1.165) is 50.5 Å². The summed E-state index contributed by atoms with van der Waals surface area (Å²) >= 11 is 0. The summed E-state index contributed by atoms with van der Waals surface area (Å²) in [5.74, 6) is -4.26. The largest absolute Gasteiger partial charge is 0.384 e. The molecule has 0 spiro atoms. The van der Waals surface area contributed by atoms with Crippen LogP contribution in [0.25, 0.3) is 0 Å². The lowest BCUT2D eigenvalue weighted by atomic mass is 9.84. The molecule has 20 heteroatoms. The van der Waals surface area contributed by atoms with Gasteiger partial charge in [-0.1, -0.05) is 56.4 Å². The van der Waals surface area contributed by atoms with Crippen molar-refractivity contribution in [3.63, 3.8) is 0 Å². The molecule has 4 heterocycles. The Hall–Kier alpha value is -3.82. The van der Waals surface area contributed by atoms with E-state index >= 15 is 0 Å². The molecule has 5 aliphatic rings. The molecule has 3 aliphatic heterocycles. The van der Waals surface area contributed by atoms with Gasteiger partial charge in [0.25, 0.3) is 5.91 Å². The molecule has 2 aromatic rings. The van der Waals surface area contributed by atoms with E-state index in [-0.39, 0.29) is 42.7 Å². The second-order valence-electron chi connectivity index (χ2n) is 17.4. The van der Waals surface area contributed by atoms with E-state index in [1.807, 2.05) is 6.92 Å². The van der Waals surface area contributed by atoms with Crippen LogP contribution in [-0.2, 0) is 49.4 Å². The maximum atomic E-state index is 15.0. The maximum absolute atomic E-state index is 15.0.